The highest BCUT2D eigenvalue weighted by atomic mass is 35.5. The lowest BCUT2D eigenvalue weighted by molar-refractivity contribution is 0.0993. The Bertz CT molecular complexity index is 1070. The maximum atomic E-state index is 11.9. The Hall–Kier alpha value is -2.96. The molecule has 2 aromatic carbocycles. The van der Waals surface area contributed by atoms with Gasteiger partial charge in [-0.25, -0.2) is 4.98 Å². The van der Waals surface area contributed by atoms with E-state index in [1.165, 1.54) is 16.0 Å². The molecule has 0 aliphatic heterocycles. The second kappa shape index (κ2) is 6.74. The SMILES string of the molecule is NC(=O)c1cc(-c2ccc(Cl)cc2)nn1-c1nc(-c2ccccc2)cs1. The molecular formula is C19H13ClN4OS. The van der Waals surface area contributed by atoms with Crippen LogP contribution in [0.1, 0.15) is 10.5 Å². The lowest BCUT2D eigenvalue weighted by Crippen LogP contribution is -2.16. The third-order valence-corrected chi connectivity index (χ3v) is 4.91. The Kier molecular flexibility index (Phi) is 4.28. The molecule has 2 aromatic heterocycles. The average Bonchev–Trinajstić information content (AvgIpc) is 3.30. The minimum Gasteiger partial charge on any atom is -0.364 e. The van der Waals surface area contributed by atoms with E-state index in [1.54, 1.807) is 18.2 Å². The van der Waals surface area contributed by atoms with E-state index in [0.29, 0.717) is 15.8 Å². The average molecular weight is 381 g/mol. The summed E-state index contributed by atoms with van der Waals surface area (Å²) in [5.41, 5.74) is 9.12. The van der Waals surface area contributed by atoms with Gasteiger partial charge in [0.1, 0.15) is 5.69 Å². The summed E-state index contributed by atoms with van der Waals surface area (Å²) >= 11 is 7.34. The molecule has 2 N–H and O–H groups in total. The van der Waals surface area contributed by atoms with Gasteiger partial charge in [-0.05, 0) is 18.2 Å². The second-order valence-corrected chi connectivity index (χ2v) is 6.85. The van der Waals surface area contributed by atoms with E-state index in [0.717, 1.165) is 16.8 Å². The smallest absolute Gasteiger partial charge is 0.267 e. The fourth-order valence-electron chi connectivity index (χ4n) is 2.57. The highest BCUT2D eigenvalue weighted by Gasteiger charge is 2.18. The summed E-state index contributed by atoms with van der Waals surface area (Å²) in [6.07, 6.45) is 0. The Balaban J connectivity index is 1.78. The Labute approximate surface area is 158 Å². The minimum absolute atomic E-state index is 0.281. The van der Waals surface area contributed by atoms with Crippen molar-refractivity contribution in [2.75, 3.05) is 0 Å². The lowest BCUT2D eigenvalue weighted by atomic mass is 10.1. The topological polar surface area (TPSA) is 73.8 Å². The van der Waals surface area contributed by atoms with Gasteiger partial charge in [0.15, 0.2) is 0 Å². The van der Waals surface area contributed by atoms with Crippen LogP contribution in [0.3, 0.4) is 0 Å². The zero-order chi connectivity index (χ0) is 18.1. The molecule has 0 atom stereocenters. The van der Waals surface area contributed by atoms with Gasteiger partial charge in [0.05, 0.1) is 11.4 Å². The molecule has 0 bridgehead atoms. The van der Waals surface area contributed by atoms with Crippen LogP contribution in [0.2, 0.25) is 5.02 Å². The van der Waals surface area contributed by atoms with E-state index in [2.05, 4.69) is 10.1 Å². The van der Waals surface area contributed by atoms with E-state index >= 15 is 0 Å². The summed E-state index contributed by atoms with van der Waals surface area (Å²) < 4.78 is 1.49. The summed E-state index contributed by atoms with van der Waals surface area (Å²) in [5.74, 6) is -0.561. The number of hydrogen-bond donors (Lipinski definition) is 1. The Morgan fingerprint density at radius 3 is 2.38 bits per heavy atom. The molecule has 0 spiro atoms. The molecule has 2 heterocycles. The van der Waals surface area contributed by atoms with Crippen LogP contribution < -0.4 is 5.73 Å². The first-order valence-corrected chi connectivity index (χ1v) is 9.05. The number of nitrogens with zero attached hydrogens (tertiary/aromatic N) is 3. The number of halogens is 1. The molecule has 0 aliphatic rings. The van der Waals surface area contributed by atoms with Gasteiger partial charge in [-0.15, -0.1) is 11.3 Å². The first-order chi connectivity index (χ1) is 12.6. The van der Waals surface area contributed by atoms with Crippen LogP contribution in [0, 0.1) is 0 Å². The predicted molar refractivity (Wildman–Crippen MR) is 104 cm³/mol. The van der Waals surface area contributed by atoms with Gasteiger partial charge in [0, 0.05) is 21.5 Å². The maximum absolute atomic E-state index is 11.9. The summed E-state index contributed by atoms with van der Waals surface area (Å²) in [5, 5.41) is 7.68. The normalized spacial score (nSPS) is 10.8. The molecule has 7 heteroatoms. The van der Waals surface area contributed by atoms with E-state index < -0.39 is 5.91 Å². The summed E-state index contributed by atoms with van der Waals surface area (Å²) in [4.78, 5) is 16.5. The predicted octanol–water partition coefficient (Wildman–Crippen LogP) is 4.42. The van der Waals surface area contributed by atoms with Crippen molar-refractivity contribution in [1.29, 1.82) is 0 Å². The van der Waals surface area contributed by atoms with Crippen LogP contribution in [0.5, 0.6) is 0 Å². The molecule has 5 nitrogen and oxygen atoms in total. The van der Waals surface area contributed by atoms with Crippen LogP contribution >= 0.6 is 22.9 Å². The van der Waals surface area contributed by atoms with Gasteiger partial charge >= 0.3 is 0 Å². The number of hydrogen-bond acceptors (Lipinski definition) is 4. The van der Waals surface area contributed by atoms with Crippen molar-refractivity contribution in [2.24, 2.45) is 5.73 Å². The molecule has 0 fully saturated rings. The molecule has 4 aromatic rings. The van der Waals surface area contributed by atoms with Crippen LogP contribution in [0.15, 0.2) is 66.0 Å². The van der Waals surface area contributed by atoms with Crippen molar-refractivity contribution in [3.63, 3.8) is 0 Å². The fourth-order valence-corrected chi connectivity index (χ4v) is 3.49. The Morgan fingerprint density at radius 1 is 1.00 bits per heavy atom. The third kappa shape index (κ3) is 3.12. The minimum atomic E-state index is -0.561. The molecule has 4 rings (SSSR count). The third-order valence-electron chi connectivity index (χ3n) is 3.84. The zero-order valence-corrected chi connectivity index (χ0v) is 15.0. The summed E-state index contributed by atoms with van der Waals surface area (Å²) in [6, 6.07) is 18.7. The number of rotatable bonds is 4. The van der Waals surface area contributed by atoms with Crippen molar-refractivity contribution in [1.82, 2.24) is 14.8 Å². The molecular weight excluding hydrogens is 368 g/mol. The van der Waals surface area contributed by atoms with Crippen molar-refractivity contribution >= 4 is 28.8 Å². The molecule has 0 aliphatic carbocycles. The number of nitrogens with two attached hydrogens (primary N) is 1. The number of carbonyl (C=O) groups excluding carboxylic acids is 1. The van der Waals surface area contributed by atoms with Crippen molar-refractivity contribution < 1.29 is 4.79 Å². The molecule has 128 valence electrons. The van der Waals surface area contributed by atoms with E-state index in [-0.39, 0.29) is 5.69 Å². The van der Waals surface area contributed by atoms with E-state index in [1.807, 2.05) is 47.8 Å². The van der Waals surface area contributed by atoms with Gasteiger partial charge in [-0.1, -0.05) is 54.1 Å². The van der Waals surface area contributed by atoms with Crippen molar-refractivity contribution in [3.05, 3.63) is 76.8 Å². The zero-order valence-electron chi connectivity index (χ0n) is 13.5. The number of thiazole rings is 1. The van der Waals surface area contributed by atoms with Gasteiger partial charge in [0.25, 0.3) is 5.91 Å². The summed E-state index contributed by atoms with van der Waals surface area (Å²) in [7, 11) is 0. The first-order valence-electron chi connectivity index (χ1n) is 7.79. The van der Waals surface area contributed by atoms with E-state index in [9.17, 15) is 4.79 Å². The van der Waals surface area contributed by atoms with Crippen LogP contribution in [0.4, 0.5) is 0 Å². The van der Waals surface area contributed by atoms with Gasteiger partial charge < -0.3 is 5.73 Å². The second-order valence-electron chi connectivity index (χ2n) is 5.58. The van der Waals surface area contributed by atoms with Gasteiger partial charge in [-0.3, -0.25) is 4.79 Å². The van der Waals surface area contributed by atoms with Gasteiger partial charge in [-0.2, -0.15) is 9.78 Å². The molecule has 0 unspecified atom stereocenters. The van der Waals surface area contributed by atoms with Crippen LogP contribution in [-0.2, 0) is 0 Å². The number of carbonyl (C=O) groups is 1. The molecule has 26 heavy (non-hydrogen) atoms. The number of aromatic nitrogens is 3. The molecule has 0 radical (unpaired) electrons. The highest BCUT2D eigenvalue weighted by Crippen LogP contribution is 2.27. The van der Waals surface area contributed by atoms with Crippen LogP contribution in [0.25, 0.3) is 27.6 Å². The first kappa shape index (κ1) is 16.5. The quantitative estimate of drug-likeness (QED) is 0.569. The Morgan fingerprint density at radius 2 is 1.69 bits per heavy atom. The monoisotopic (exact) mass is 380 g/mol. The molecule has 1 amide bonds. The lowest BCUT2D eigenvalue weighted by Gasteiger charge is -2.00. The van der Waals surface area contributed by atoms with Crippen LogP contribution in [-0.4, -0.2) is 20.7 Å². The van der Waals surface area contributed by atoms with Gasteiger partial charge in [0.2, 0.25) is 5.13 Å². The highest BCUT2D eigenvalue weighted by molar-refractivity contribution is 7.12. The number of primary amides is 1. The fraction of sp³-hybridized carbons (Fsp3) is 0. The molecule has 0 saturated carbocycles. The van der Waals surface area contributed by atoms with Crippen molar-refractivity contribution in [3.8, 4) is 27.6 Å². The number of benzene rings is 2. The number of amides is 1. The molecule has 0 saturated heterocycles. The summed E-state index contributed by atoms with van der Waals surface area (Å²) in [6.45, 7) is 0. The largest absolute Gasteiger partial charge is 0.364 e. The maximum Gasteiger partial charge on any atom is 0.267 e. The van der Waals surface area contributed by atoms with E-state index in [4.69, 9.17) is 17.3 Å². The standard InChI is InChI=1S/C19H13ClN4OS/c20-14-8-6-13(7-9-14)15-10-17(18(21)25)24(23-15)19-22-16(11-26-19)12-4-2-1-3-5-12/h1-11H,(H2,21,25). The van der Waals surface area contributed by atoms with Crippen molar-refractivity contribution in [2.45, 2.75) is 0 Å².